The number of amides is 1. The first-order valence-electron chi connectivity index (χ1n) is 11.0. The SMILES string of the molecule is CCN1CCN(c2ccc(C(=O)N3CCC(Cc4ccccc4)CC3)nc2)CC1. The quantitative estimate of drug-likeness (QED) is 0.783. The number of likely N-dealkylation sites (tertiary alicyclic amines) is 1. The number of anilines is 1. The van der Waals surface area contributed by atoms with Crippen molar-refractivity contribution in [2.24, 2.45) is 5.92 Å². The fourth-order valence-corrected chi connectivity index (χ4v) is 4.47. The summed E-state index contributed by atoms with van der Waals surface area (Å²) in [6, 6.07) is 14.6. The van der Waals surface area contributed by atoms with Crippen LogP contribution in [0.15, 0.2) is 48.7 Å². The first-order chi connectivity index (χ1) is 14.2. The topological polar surface area (TPSA) is 39.7 Å². The van der Waals surface area contributed by atoms with E-state index < -0.39 is 0 Å². The monoisotopic (exact) mass is 392 g/mol. The van der Waals surface area contributed by atoms with Crippen LogP contribution in [0.3, 0.4) is 0 Å². The first kappa shape index (κ1) is 19.9. The summed E-state index contributed by atoms with van der Waals surface area (Å²) in [4.78, 5) is 24.2. The minimum absolute atomic E-state index is 0.0745. The molecule has 2 aliphatic heterocycles. The molecule has 2 aromatic rings. The third-order valence-electron chi connectivity index (χ3n) is 6.42. The van der Waals surface area contributed by atoms with Gasteiger partial charge in [0.1, 0.15) is 5.69 Å². The Labute approximate surface area is 174 Å². The second-order valence-corrected chi connectivity index (χ2v) is 8.25. The van der Waals surface area contributed by atoms with E-state index in [0.717, 1.165) is 70.8 Å². The largest absolute Gasteiger partial charge is 0.368 e. The van der Waals surface area contributed by atoms with Gasteiger partial charge in [-0.1, -0.05) is 37.3 Å². The van der Waals surface area contributed by atoms with E-state index >= 15 is 0 Å². The Hall–Kier alpha value is -2.40. The van der Waals surface area contributed by atoms with Crippen LogP contribution in [-0.2, 0) is 6.42 Å². The highest BCUT2D eigenvalue weighted by molar-refractivity contribution is 5.92. The van der Waals surface area contributed by atoms with Gasteiger partial charge in [-0.25, -0.2) is 4.98 Å². The lowest BCUT2D eigenvalue weighted by atomic mass is 9.90. The summed E-state index contributed by atoms with van der Waals surface area (Å²) in [5, 5.41) is 0. The van der Waals surface area contributed by atoms with Crippen molar-refractivity contribution in [2.45, 2.75) is 26.2 Å². The summed E-state index contributed by atoms with van der Waals surface area (Å²) < 4.78 is 0. The summed E-state index contributed by atoms with van der Waals surface area (Å²) in [5.74, 6) is 0.740. The van der Waals surface area contributed by atoms with Gasteiger partial charge in [-0.3, -0.25) is 4.79 Å². The zero-order valence-corrected chi connectivity index (χ0v) is 17.5. The van der Waals surface area contributed by atoms with Crippen molar-refractivity contribution >= 4 is 11.6 Å². The minimum Gasteiger partial charge on any atom is -0.368 e. The average Bonchev–Trinajstić information content (AvgIpc) is 2.80. The highest BCUT2D eigenvalue weighted by atomic mass is 16.2. The van der Waals surface area contributed by atoms with E-state index in [9.17, 15) is 4.79 Å². The maximum atomic E-state index is 12.9. The van der Waals surface area contributed by atoms with Gasteiger partial charge in [-0.15, -0.1) is 0 Å². The summed E-state index contributed by atoms with van der Waals surface area (Å²) in [7, 11) is 0. The molecule has 2 aliphatic rings. The van der Waals surface area contributed by atoms with Gasteiger partial charge in [0.15, 0.2) is 0 Å². The van der Waals surface area contributed by atoms with Crippen molar-refractivity contribution in [3.05, 3.63) is 59.9 Å². The highest BCUT2D eigenvalue weighted by Crippen LogP contribution is 2.23. The number of likely N-dealkylation sites (N-methyl/N-ethyl adjacent to an activating group) is 1. The highest BCUT2D eigenvalue weighted by Gasteiger charge is 2.25. The number of nitrogens with zero attached hydrogens (tertiary/aromatic N) is 4. The Morgan fingerprint density at radius 3 is 2.31 bits per heavy atom. The average molecular weight is 393 g/mol. The minimum atomic E-state index is 0.0745. The standard InChI is InChI=1S/C24H32N4O/c1-2-26-14-16-27(17-15-26)22-8-9-23(25-19-22)24(29)28-12-10-21(11-13-28)18-20-6-4-3-5-7-20/h3-9,19,21H,2,10-18H2,1H3. The molecule has 29 heavy (non-hydrogen) atoms. The molecular weight excluding hydrogens is 360 g/mol. The number of pyridine rings is 1. The van der Waals surface area contributed by atoms with Gasteiger partial charge in [0.25, 0.3) is 5.91 Å². The maximum absolute atomic E-state index is 12.9. The Balaban J connectivity index is 1.29. The van der Waals surface area contributed by atoms with Gasteiger partial charge in [-0.05, 0) is 49.4 Å². The zero-order valence-electron chi connectivity index (χ0n) is 17.5. The smallest absolute Gasteiger partial charge is 0.272 e. The van der Waals surface area contributed by atoms with Crippen LogP contribution in [0.2, 0.25) is 0 Å². The summed E-state index contributed by atoms with van der Waals surface area (Å²) >= 11 is 0. The molecule has 5 nitrogen and oxygen atoms in total. The Kier molecular flexibility index (Phi) is 6.45. The molecule has 2 saturated heterocycles. The predicted molar refractivity (Wildman–Crippen MR) is 117 cm³/mol. The summed E-state index contributed by atoms with van der Waals surface area (Å²) in [6.45, 7) is 9.22. The van der Waals surface area contributed by atoms with Gasteiger partial charge in [0.2, 0.25) is 0 Å². The molecule has 0 bridgehead atoms. The molecule has 1 amide bonds. The molecule has 0 atom stereocenters. The number of hydrogen-bond donors (Lipinski definition) is 0. The second-order valence-electron chi connectivity index (χ2n) is 8.25. The van der Waals surface area contributed by atoms with Crippen LogP contribution >= 0.6 is 0 Å². The van der Waals surface area contributed by atoms with Crippen LogP contribution < -0.4 is 4.90 Å². The molecule has 3 heterocycles. The van der Waals surface area contributed by atoms with Crippen LogP contribution in [-0.4, -0.2) is 66.5 Å². The fraction of sp³-hybridized carbons (Fsp3) is 0.500. The molecular formula is C24H32N4O. The molecule has 0 unspecified atom stereocenters. The van der Waals surface area contributed by atoms with Gasteiger partial charge in [0, 0.05) is 39.3 Å². The first-order valence-corrected chi connectivity index (χ1v) is 11.0. The molecule has 0 radical (unpaired) electrons. The normalized spacial score (nSPS) is 18.8. The predicted octanol–water partition coefficient (Wildman–Crippen LogP) is 3.32. The summed E-state index contributed by atoms with van der Waals surface area (Å²) in [5.41, 5.74) is 3.09. The van der Waals surface area contributed by atoms with E-state index in [4.69, 9.17) is 0 Å². The molecule has 1 aromatic carbocycles. The van der Waals surface area contributed by atoms with Crippen LogP contribution in [0.1, 0.15) is 35.8 Å². The van der Waals surface area contributed by atoms with Crippen molar-refractivity contribution < 1.29 is 4.79 Å². The molecule has 1 aromatic heterocycles. The van der Waals surface area contributed by atoms with E-state index in [-0.39, 0.29) is 5.91 Å². The zero-order chi connectivity index (χ0) is 20.1. The Morgan fingerprint density at radius 1 is 0.966 bits per heavy atom. The van der Waals surface area contributed by atoms with Crippen LogP contribution in [0.4, 0.5) is 5.69 Å². The van der Waals surface area contributed by atoms with E-state index in [2.05, 4.69) is 58.1 Å². The molecule has 0 N–H and O–H groups in total. The van der Waals surface area contributed by atoms with Crippen molar-refractivity contribution in [2.75, 3.05) is 50.7 Å². The van der Waals surface area contributed by atoms with Crippen molar-refractivity contribution in [1.29, 1.82) is 0 Å². The molecule has 5 heteroatoms. The lowest BCUT2D eigenvalue weighted by Crippen LogP contribution is -2.46. The lowest BCUT2D eigenvalue weighted by molar-refractivity contribution is 0.0684. The lowest BCUT2D eigenvalue weighted by Gasteiger charge is -2.35. The maximum Gasteiger partial charge on any atom is 0.272 e. The third-order valence-corrected chi connectivity index (χ3v) is 6.42. The molecule has 0 spiro atoms. The Morgan fingerprint density at radius 2 is 1.69 bits per heavy atom. The number of piperidine rings is 1. The third kappa shape index (κ3) is 4.96. The number of rotatable bonds is 5. The van der Waals surface area contributed by atoms with Crippen LogP contribution in [0, 0.1) is 5.92 Å². The van der Waals surface area contributed by atoms with Gasteiger partial charge < -0.3 is 14.7 Å². The number of aromatic nitrogens is 1. The molecule has 0 saturated carbocycles. The number of carbonyl (C=O) groups excluding carboxylic acids is 1. The number of piperazine rings is 1. The van der Waals surface area contributed by atoms with Crippen molar-refractivity contribution in [3.8, 4) is 0 Å². The van der Waals surface area contributed by atoms with Gasteiger partial charge >= 0.3 is 0 Å². The van der Waals surface area contributed by atoms with E-state index in [1.54, 1.807) is 0 Å². The second kappa shape index (κ2) is 9.40. The summed E-state index contributed by atoms with van der Waals surface area (Å²) in [6.07, 6.45) is 5.12. The molecule has 2 fully saturated rings. The van der Waals surface area contributed by atoms with E-state index in [0.29, 0.717) is 11.6 Å². The van der Waals surface area contributed by atoms with Crippen molar-refractivity contribution in [3.63, 3.8) is 0 Å². The van der Waals surface area contributed by atoms with E-state index in [1.165, 1.54) is 5.56 Å². The van der Waals surface area contributed by atoms with E-state index in [1.807, 2.05) is 17.2 Å². The fourth-order valence-electron chi connectivity index (χ4n) is 4.47. The number of hydrogen-bond acceptors (Lipinski definition) is 4. The number of benzene rings is 1. The van der Waals surface area contributed by atoms with Crippen LogP contribution in [0.25, 0.3) is 0 Å². The molecule has 0 aliphatic carbocycles. The molecule has 154 valence electrons. The Bertz CT molecular complexity index is 776. The van der Waals surface area contributed by atoms with Gasteiger partial charge in [0.05, 0.1) is 11.9 Å². The molecule has 4 rings (SSSR count). The van der Waals surface area contributed by atoms with Crippen molar-refractivity contribution in [1.82, 2.24) is 14.8 Å². The van der Waals surface area contributed by atoms with Gasteiger partial charge in [-0.2, -0.15) is 0 Å². The van der Waals surface area contributed by atoms with Crippen LogP contribution in [0.5, 0.6) is 0 Å². The number of carbonyl (C=O) groups is 1.